The summed E-state index contributed by atoms with van der Waals surface area (Å²) < 4.78 is 44.9. The zero-order chi connectivity index (χ0) is 43.0. The van der Waals surface area contributed by atoms with Crippen LogP contribution in [0.3, 0.4) is 0 Å². The second-order valence-electron chi connectivity index (χ2n) is 15.9. The third kappa shape index (κ3) is 26.4. The molecule has 1 aliphatic rings. The van der Waals surface area contributed by atoms with Crippen LogP contribution in [0.5, 0.6) is 0 Å². The molecule has 2 heterocycles. The molecule has 0 amide bonds. The van der Waals surface area contributed by atoms with Crippen LogP contribution in [0.15, 0.2) is 40.9 Å². The van der Waals surface area contributed by atoms with Gasteiger partial charge in [-0.25, -0.2) is 4.57 Å². The lowest BCUT2D eigenvalue weighted by Crippen LogP contribution is -2.29. The third-order valence-corrected chi connectivity index (χ3v) is 11.6. The summed E-state index contributed by atoms with van der Waals surface area (Å²) in [5.41, 5.74) is 8.01. The second-order valence-corrected chi connectivity index (χ2v) is 17.3. The average molecular weight is 850 g/mol. The summed E-state index contributed by atoms with van der Waals surface area (Å²) in [5.74, 6) is 1.40. The highest BCUT2D eigenvalue weighted by atomic mass is 31.2. The van der Waals surface area contributed by atoms with Gasteiger partial charge in [-0.05, 0) is 89.2 Å². The minimum absolute atomic E-state index is 0.0342. The Labute approximate surface area is 356 Å². The van der Waals surface area contributed by atoms with Crippen molar-refractivity contribution in [1.82, 2.24) is 0 Å². The second kappa shape index (κ2) is 33.1. The molecule has 1 aromatic heterocycles. The first-order valence-electron chi connectivity index (χ1n) is 22.9. The number of aryl methyl sites for hydroxylation is 2. The number of epoxide rings is 1. The molecule has 12 heteroatoms. The van der Waals surface area contributed by atoms with Crippen LogP contribution >= 0.6 is 7.82 Å². The number of unbranched alkanes of at least 4 members (excludes halogenated alkanes) is 12. The molecule has 0 aliphatic carbocycles. The molecule has 3 unspecified atom stereocenters. The monoisotopic (exact) mass is 850 g/mol. The summed E-state index contributed by atoms with van der Waals surface area (Å²) in [4.78, 5) is 35.1. The van der Waals surface area contributed by atoms with E-state index in [1.807, 2.05) is 0 Å². The Kier molecular flexibility index (Phi) is 29.6. The molecule has 0 bridgehead atoms. The fourth-order valence-electron chi connectivity index (χ4n) is 6.84. The van der Waals surface area contributed by atoms with Gasteiger partial charge in [-0.2, -0.15) is 0 Å². The Hall–Kier alpha value is -2.53. The Morgan fingerprint density at radius 1 is 0.712 bits per heavy atom. The Morgan fingerprint density at radius 3 is 1.95 bits per heavy atom. The van der Waals surface area contributed by atoms with Gasteiger partial charge in [0, 0.05) is 32.2 Å². The van der Waals surface area contributed by atoms with Gasteiger partial charge in [-0.15, -0.1) is 0 Å². The van der Waals surface area contributed by atoms with Crippen molar-refractivity contribution in [3.63, 3.8) is 0 Å². The summed E-state index contributed by atoms with van der Waals surface area (Å²) in [6.07, 6.45) is 35.9. The van der Waals surface area contributed by atoms with Gasteiger partial charge >= 0.3 is 19.8 Å². The van der Waals surface area contributed by atoms with E-state index in [-0.39, 0.29) is 44.8 Å². The summed E-state index contributed by atoms with van der Waals surface area (Å²) in [6, 6.07) is 0. The molecule has 0 saturated carbocycles. The molecule has 0 aromatic carbocycles. The molecule has 11 nitrogen and oxygen atoms in total. The standard InChI is InChI=1S/C47H80NO10P/c1-5-7-9-10-11-12-13-14-15-19-22-26-31-44-45(58-44)32-28-34-47(50)56-41(38-55-59(51,52)54-36-35-48)37-53-46(49)33-27-23-20-17-16-18-21-25-30-43-40(4)39(3)42(57-43)29-24-8-6-2/h11-12,14-15,22,26,41,44-45H,5-10,13,16-21,23-25,27-38,48H2,1-4H3,(H,51,52)/b12-11-,15-14-,26-22-/t41-,44?,45?/m1/s1. The van der Waals surface area contributed by atoms with Gasteiger partial charge in [-0.3, -0.25) is 18.6 Å². The van der Waals surface area contributed by atoms with E-state index in [0.29, 0.717) is 12.8 Å². The number of esters is 2. The SMILES string of the molecule is CCCCC/C=C\C/C=C\C/C=C\CC1OC1CCCC(=O)O[C@H](COC(=O)CCCCCCCCCCc1oc(CCCCC)c(C)c1C)COP(=O)(O)OCCN. The molecule has 4 atom stereocenters. The maximum absolute atomic E-state index is 12.7. The summed E-state index contributed by atoms with van der Waals surface area (Å²) >= 11 is 0. The maximum Gasteiger partial charge on any atom is 0.472 e. The van der Waals surface area contributed by atoms with Crippen LogP contribution in [-0.4, -0.2) is 61.5 Å². The van der Waals surface area contributed by atoms with Gasteiger partial charge in [0.2, 0.25) is 0 Å². The molecule has 1 aromatic rings. The van der Waals surface area contributed by atoms with Crippen molar-refractivity contribution in [2.75, 3.05) is 26.4 Å². The van der Waals surface area contributed by atoms with E-state index in [2.05, 4.69) is 64.2 Å². The molecule has 0 radical (unpaired) electrons. The number of nitrogens with two attached hydrogens (primary N) is 1. The van der Waals surface area contributed by atoms with E-state index in [4.69, 9.17) is 33.4 Å². The number of hydrogen-bond acceptors (Lipinski definition) is 10. The summed E-state index contributed by atoms with van der Waals surface area (Å²) in [7, 11) is -4.42. The van der Waals surface area contributed by atoms with E-state index in [0.717, 1.165) is 76.4 Å². The van der Waals surface area contributed by atoms with Crippen molar-refractivity contribution in [2.45, 2.75) is 200 Å². The predicted octanol–water partition coefficient (Wildman–Crippen LogP) is 11.6. The van der Waals surface area contributed by atoms with E-state index < -0.39 is 32.5 Å². The molecular weight excluding hydrogens is 769 g/mol. The zero-order valence-corrected chi connectivity index (χ0v) is 38.0. The topological polar surface area (TPSA) is 160 Å². The Morgan fingerprint density at radius 2 is 1.29 bits per heavy atom. The summed E-state index contributed by atoms with van der Waals surface area (Å²) in [5, 5.41) is 0. The van der Waals surface area contributed by atoms with Gasteiger partial charge < -0.3 is 29.3 Å². The van der Waals surface area contributed by atoms with Gasteiger partial charge in [0.1, 0.15) is 18.1 Å². The largest absolute Gasteiger partial charge is 0.472 e. The van der Waals surface area contributed by atoms with Crippen LogP contribution in [0.1, 0.15) is 178 Å². The van der Waals surface area contributed by atoms with Crippen LogP contribution in [-0.2, 0) is 50.3 Å². The van der Waals surface area contributed by atoms with Crippen LogP contribution in [0.25, 0.3) is 0 Å². The molecule has 0 spiro atoms. The van der Waals surface area contributed by atoms with E-state index >= 15 is 0 Å². The van der Waals surface area contributed by atoms with Crippen molar-refractivity contribution in [2.24, 2.45) is 5.73 Å². The lowest BCUT2D eigenvalue weighted by Gasteiger charge is -2.19. The Balaban J connectivity index is 1.59. The first-order chi connectivity index (χ1) is 28.6. The van der Waals surface area contributed by atoms with E-state index in [1.54, 1.807) is 0 Å². The molecule has 59 heavy (non-hydrogen) atoms. The van der Waals surface area contributed by atoms with E-state index in [9.17, 15) is 19.0 Å². The van der Waals surface area contributed by atoms with Crippen LogP contribution in [0.4, 0.5) is 0 Å². The van der Waals surface area contributed by atoms with Crippen molar-refractivity contribution in [3.8, 4) is 0 Å². The number of hydrogen-bond donors (Lipinski definition) is 2. The van der Waals surface area contributed by atoms with Crippen molar-refractivity contribution in [1.29, 1.82) is 0 Å². The normalized spacial score (nSPS) is 17.0. The smallest absolute Gasteiger partial charge is 0.466 e. The lowest BCUT2D eigenvalue weighted by molar-refractivity contribution is -0.161. The molecule has 3 N–H and O–H groups in total. The molecule has 1 fully saturated rings. The van der Waals surface area contributed by atoms with Crippen LogP contribution in [0, 0.1) is 13.8 Å². The summed E-state index contributed by atoms with van der Waals surface area (Å²) in [6.45, 7) is 7.92. The molecule has 2 rings (SSSR count). The van der Waals surface area contributed by atoms with Gasteiger partial charge in [0.25, 0.3) is 0 Å². The van der Waals surface area contributed by atoms with Gasteiger partial charge in [-0.1, -0.05) is 115 Å². The number of phosphoric acid groups is 1. The average Bonchev–Trinajstić information content (AvgIpc) is 3.91. The van der Waals surface area contributed by atoms with Crippen molar-refractivity contribution < 1.29 is 46.7 Å². The zero-order valence-electron chi connectivity index (χ0n) is 37.1. The van der Waals surface area contributed by atoms with E-state index in [1.165, 1.54) is 74.7 Å². The van der Waals surface area contributed by atoms with Crippen LogP contribution in [0.2, 0.25) is 0 Å². The Bertz CT molecular complexity index is 1400. The van der Waals surface area contributed by atoms with Crippen molar-refractivity contribution in [3.05, 3.63) is 59.1 Å². The van der Waals surface area contributed by atoms with Gasteiger partial charge in [0.05, 0.1) is 25.4 Å². The number of allylic oxidation sites excluding steroid dienone is 5. The van der Waals surface area contributed by atoms with Crippen LogP contribution < -0.4 is 5.73 Å². The molecule has 1 saturated heterocycles. The number of carbonyl (C=O) groups is 2. The number of carbonyl (C=O) groups excluding carboxylic acids is 2. The minimum Gasteiger partial charge on any atom is -0.466 e. The molecule has 338 valence electrons. The number of ether oxygens (including phenoxy) is 3. The highest BCUT2D eigenvalue weighted by molar-refractivity contribution is 7.47. The highest BCUT2D eigenvalue weighted by Gasteiger charge is 2.37. The number of rotatable bonds is 38. The van der Waals surface area contributed by atoms with Gasteiger partial charge in [0.15, 0.2) is 6.10 Å². The lowest BCUT2D eigenvalue weighted by atomic mass is 10.0. The number of furan rings is 1. The molecule has 1 aliphatic heterocycles. The fourth-order valence-corrected chi connectivity index (χ4v) is 7.61. The predicted molar refractivity (Wildman–Crippen MR) is 236 cm³/mol. The maximum atomic E-state index is 12.7. The minimum atomic E-state index is -4.42. The third-order valence-electron chi connectivity index (χ3n) is 10.7. The van der Waals surface area contributed by atoms with Crippen molar-refractivity contribution >= 4 is 19.8 Å². The first kappa shape index (κ1) is 52.6. The first-order valence-corrected chi connectivity index (χ1v) is 24.4. The fraction of sp³-hybridized carbons (Fsp3) is 0.745. The highest BCUT2D eigenvalue weighted by Crippen LogP contribution is 2.43. The quantitative estimate of drug-likeness (QED) is 0.0214. The molecular formula is C47H80NO10P. The number of phosphoric ester groups is 1.